The van der Waals surface area contributed by atoms with Crippen LogP contribution in [0.5, 0.6) is 28.7 Å². The summed E-state index contributed by atoms with van der Waals surface area (Å²) in [6.07, 6.45) is 1.58. The Morgan fingerprint density at radius 3 is 2.28 bits per heavy atom. The van der Waals surface area contributed by atoms with Crippen molar-refractivity contribution in [3.8, 4) is 40.0 Å². The minimum absolute atomic E-state index is 0.0573. The molecule has 29 heavy (non-hydrogen) atoms. The number of anilines is 1. The molecule has 1 heterocycles. The lowest BCUT2D eigenvalue weighted by molar-refractivity contribution is 0.340. The van der Waals surface area contributed by atoms with Gasteiger partial charge in [-0.1, -0.05) is 0 Å². The van der Waals surface area contributed by atoms with Crippen molar-refractivity contribution in [3.05, 3.63) is 41.3 Å². The van der Waals surface area contributed by atoms with Gasteiger partial charge in [0.25, 0.3) is 0 Å². The quantitative estimate of drug-likeness (QED) is 0.424. The highest BCUT2D eigenvalue weighted by Crippen LogP contribution is 2.37. The second-order valence-corrected chi connectivity index (χ2v) is 6.61. The number of nitrogens with zero attached hydrogens (tertiary/aromatic N) is 2. The summed E-state index contributed by atoms with van der Waals surface area (Å²) >= 11 is 1.41. The van der Waals surface area contributed by atoms with E-state index in [9.17, 15) is 5.11 Å². The topological polar surface area (TPSA) is 94.4 Å². The molecule has 3 rings (SSSR count). The molecule has 0 fully saturated rings. The fourth-order valence-electron chi connectivity index (χ4n) is 2.61. The lowest BCUT2D eigenvalue weighted by Gasteiger charge is -2.09. The first-order valence-electron chi connectivity index (χ1n) is 8.51. The average molecular weight is 415 g/mol. The zero-order valence-electron chi connectivity index (χ0n) is 16.4. The summed E-state index contributed by atoms with van der Waals surface area (Å²) in [5.41, 5.74) is 5.21. The molecule has 9 heteroatoms. The molecular formula is C20H21N3O5S. The number of thiazole rings is 1. The van der Waals surface area contributed by atoms with Gasteiger partial charge in [-0.3, -0.25) is 5.43 Å². The van der Waals surface area contributed by atoms with Gasteiger partial charge >= 0.3 is 0 Å². The van der Waals surface area contributed by atoms with Crippen molar-refractivity contribution in [1.82, 2.24) is 4.98 Å². The van der Waals surface area contributed by atoms with Crippen molar-refractivity contribution >= 4 is 22.7 Å². The maximum atomic E-state index is 9.97. The van der Waals surface area contributed by atoms with Crippen LogP contribution >= 0.6 is 11.3 Å². The van der Waals surface area contributed by atoms with Crippen molar-refractivity contribution in [1.29, 1.82) is 0 Å². The van der Waals surface area contributed by atoms with Gasteiger partial charge in [0.05, 0.1) is 40.3 Å². The van der Waals surface area contributed by atoms with E-state index in [0.717, 1.165) is 11.3 Å². The van der Waals surface area contributed by atoms with E-state index in [4.69, 9.17) is 18.9 Å². The number of hydrogen-bond donors (Lipinski definition) is 2. The van der Waals surface area contributed by atoms with Crippen molar-refractivity contribution < 1.29 is 24.1 Å². The second kappa shape index (κ2) is 9.16. The maximum absolute atomic E-state index is 9.97. The van der Waals surface area contributed by atoms with Crippen molar-refractivity contribution in [3.63, 3.8) is 0 Å². The SMILES string of the molecule is COc1ccc(-c2csc(N/N=C\c3cc(OC)c(O)c(OC)c3)n2)c(OC)c1. The number of benzene rings is 2. The Hall–Kier alpha value is -3.46. The Balaban J connectivity index is 1.76. The van der Waals surface area contributed by atoms with Gasteiger partial charge in [0.1, 0.15) is 11.5 Å². The first-order chi connectivity index (χ1) is 14.1. The molecule has 0 atom stereocenters. The van der Waals surface area contributed by atoms with Crippen LogP contribution in [0, 0.1) is 0 Å². The molecule has 2 N–H and O–H groups in total. The first-order valence-corrected chi connectivity index (χ1v) is 9.39. The van der Waals surface area contributed by atoms with E-state index >= 15 is 0 Å². The molecule has 0 saturated heterocycles. The average Bonchev–Trinajstić information content (AvgIpc) is 3.22. The Morgan fingerprint density at radius 2 is 1.66 bits per heavy atom. The third-order valence-electron chi connectivity index (χ3n) is 4.06. The summed E-state index contributed by atoms with van der Waals surface area (Å²) in [5, 5.41) is 16.7. The molecule has 2 aromatic carbocycles. The molecule has 0 unspecified atom stereocenters. The number of hydrazone groups is 1. The molecule has 0 saturated carbocycles. The maximum Gasteiger partial charge on any atom is 0.203 e. The van der Waals surface area contributed by atoms with Gasteiger partial charge in [0.2, 0.25) is 10.9 Å². The number of rotatable bonds is 8. The van der Waals surface area contributed by atoms with Gasteiger partial charge in [-0.15, -0.1) is 11.3 Å². The summed E-state index contributed by atoms with van der Waals surface area (Å²) in [4.78, 5) is 4.54. The number of hydrogen-bond acceptors (Lipinski definition) is 9. The molecule has 0 bridgehead atoms. The highest BCUT2D eigenvalue weighted by atomic mass is 32.1. The van der Waals surface area contributed by atoms with Crippen LogP contribution in [0.1, 0.15) is 5.56 Å². The minimum Gasteiger partial charge on any atom is -0.502 e. The number of phenols is 1. The van der Waals surface area contributed by atoms with Crippen molar-refractivity contribution in [2.45, 2.75) is 0 Å². The number of phenolic OH excluding ortho intramolecular Hbond substituents is 1. The van der Waals surface area contributed by atoms with Crippen LogP contribution < -0.4 is 24.4 Å². The van der Waals surface area contributed by atoms with Gasteiger partial charge in [-0.2, -0.15) is 5.10 Å². The Morgan fingerprint density at radius 1 is 0.966 bits per heavy atom. The molecular weight excluding hydrogens is 394 g/mol. The number of aromatic nitrogens is 1. The summed E-state index contributed by atoms with van der Waals surface area (Å²) in [6, 6.07) is 8.87. The van der Waals surface area contributed by atoms with Crippen LogP contribution in [0.25, 0.3) is 11.3 Å². The molecule has 0 amide bonds. The van der Waals surface area contributed by atoms with Gasteiger partial charge in [0, 0.05) is 22.6 Å². The van der Waals surface area contributed by atoms with Crippen molar-refractivity contribution in [2.24, 2.45) is 5.10 Å². The van der Waals surface area contributed by atoms with E-state index in [1.54, 1.807) is 32.6 Å². The normalized spacial score (nSPS) is 10.8. The zero-order chi connectivity index (χ0) is 20.8. The van der Waals surface area contributed by atoms with Gasteiger partial charge in [0.15, 0.2) is 11.5 Å². The summed E-state index contributed by atoms with van der Waals surface area (Å²) in [7, 11) is 6.15. The second-order valence-electron chi connectivity index (χ2n) is 5.75. The molecule has 0 aliphatic heterocycles. The Labute approximate surface area is 172 Å². The molecule has 1 aromatic heterocycles. The van der Waals surface area contributed by atoms with E-state index < -0.39 is 0 Å². The lowest BCUT2D eigenvalue weighted by Crippen LogP contribution is -1.94. The minimum atomic E-state index is -0.0573. The van der Waals surface area contributed by atoms with Crippen LogP contribution in [0.15, 0.2) is 40.8 Å². The Bertz CT molecular complexity index is 994. The summed E-state index contributed by atoms with van der Waals surface area (Å²) in [5.74, 6) is 1.93. The molecule has 0 spiro atoms. The highest BCUT2D eigenvalue weighted by Gasteiger charge is 2.12. The summed E-state index contributed by atoms with van der Waals surface area (Å²) in [6.45, 7) is 0. The van der Waals surface area contributed by atoms with E-state index in [1.165, 1.54) is 25.6 Å². The standard InChI is InChI=1S/C20H21N3O5S/c1-25-13-5-6-14(16(9-13)26-2)15-11-29-20(22-15)23-21-10-12-7-17(27-3)19(24)18(8-12)28-4/h5-11,24H,1-4H3,(H,22,23)/b21-10-. The van der Waals surface area contributed by atoms with Crippen LogP contribution in [-0.4, -0.2) is 44.7 Å². The highest BCUT2D eigenvalue weighted by molar-refractivity contribution is 7.14. The monoisotopic (exact) mass is 415 g/mol. The van der Waals surface area contributed by atoms with Crippen LogP contribution in [-0.2, 0) is 0 Å². The largest absolute Gasteiger partial charge is 0.502 e. The smallest absolute Gasteiger partial charge is 0.203 e. The van der Waals surface area contributed by atoms with Gasteiger partial charge < -0.3 is 24.1 Å². The zero-order valence-corrected chi connectivity index (χ0v) is 17.2. The van der Waals surface area contributed by atoms with E-state index in [-0.39, 0.29) is 5.75 Å². The number of ether oxygens (including phenoxy) is 4. The molecule has 3 aromatic rings. The number of methoxy groups -OCH3 is 4. The molecule has 0 radical (unpaired) electrons. The third-order valence-corrected chi connectivity index (χ3v) is 4.81. The van der Waals surface area contributed by atoms with Crippen LogP contribution in [0.3, 0.4) is 0 Å². The third kappa shape index (κ3) is 4.52. The van der Waals surface area contributed by atoms with Crippen molar-refractivity contribution in [2.75, 3.05) is 33.9 Å². The fourth-order valence-corrected chi connectivity index (χ4v) is 3.27. The van der Waals surface area contributed by atoms with Crippen LogP contribution in [0.2, 0.25) is 0 Å². The van der Waals surface area contributed by atoms with E-state index in [0.29, 0.717) is 33.7 Å². The van der Waals surface area contributed by atoms with E-state index in [2.05, 4.69) is 15.5 Å². The first kappa shape index (κ1) is 20.3. The lowest BCUT2D eigenvalue weighted by atomic mass is 10.1. The Kier molecular flexibility index (Phi) is 6.40. The van der Waals surface area contributed by atoms with Crippen LogP contribution in [0.4, 0.5) is 5.13 Å². The van der Waals surface area contributed by atoms with E-state index in [1.807, 2.05) is 23.6 Å². The molecule has 8 nitrogen and oxygen atoms in total. The predicted octanol–water partition coefficient (Wildman–Crippen LogP) is 4.00. The van der Waals surface area contributed by atoms with Gasteiger partial charge in [-0.05, 0) is 24.3 Å². The molecule has 0 aliphatic rings. The number of aromatic hydroxyl groups is 1. The molecule has 152 valence electrons. The predicted molar refractivity (Wildman–Crippen MR) is 113 cm³/mol. The fraction of sp³-hybridized carbons (Fsp3) is 0.200. The summed E-state index contributed by atoms with van der Waals surface area (Å²) < 4.78 is 20.9. The molecule has 0 aliphatic carbocycles. The number of nitrogens with one attached hydrogen (secondary N) is 1. The van der Waals surface area contributed by atoms with Gasteiger partial charge in [-0.25, -0.2) is 4.98 Å².